The van der Waals surface area contributed by atoms with Gasteiger partial charge in [0, 0.05) is 11.8 Å². The van der Waals surface area contributed by atoms with Crippen molar-refractivity contribution in [2.24, 2.45) is 5.73 Å². The molecule has 0 heterocycles. The number of rotatable bonds is 6. The minimum atomic E-state index is -0.563. The van der Waals surface area contributed by atoms with Gasteiger partial charge in [0.25, 0.3) is 0 Å². The molecule has 0 atom stereocenters. The van der Waals surface area contributed by atoms with Crippen molar-refractivity contribution in [3.63, 3.8) is 0 Å². The molecule has 0 saturated heterocycles. The van der Waals surface area contributed by atoms with Gasteiger partial charge in [0.2, 0.25) is 5.91 Å². The number of primary amides is 1. The van der Waals surface area contributed by atoms with E-state index in [-0.39, 0.29) is 16.3 Å². The molecular formula is C24H23Cl3N2O3. The molecule has 0 bridgehead atoms. The smallest absolute Gasteiger partial charge is 0.248 e. The van der Waals surface area contributed by atoms with Crippen LogP contribution in [0.25, 0.3) is 0 Å². The highest BCUT2D eigenvalue weighted by Gasteiger charge is 2.10. The van der Waals surface area contributed by atoms with Crippen molar-refractivity contribution in [1.29, 1.82) is 5.41 Å². The van der Waals surface area contributed by atoms with E-state index in [0.29, 0.717) is 33.9 Å². The molecule has 8 heteroatoms. The average Bonchev–Trinajstić information content (AvgIpc) is 2.75. The summed E-state index contributed by atoms with van der Waals surface area (Å²) in [7, 11) is 0. The lowest BCUT2D eigenvalue weighted by molar-refractivity contribution is 0.100. The third-order valence-electron chi connectivity index (χ3n) is 4.45. The first-order valence-corrected chi connectivity index (χ1v) is 10.7. The molecule has 3 rings (SSSR count). The van der Waals surface area contributed by atoms with Crippen LogP contribution in [0, 0.1) is 5.41 Å². The van der Waals surface area contributed by atoms with Gasteiger partial charge >= 0.3 is 0 Å². The van der Waals surface area contributed by atoms with Gasteiger partial charge in [-0.1, -0.05) is 72.9 Å². The molecule has 168 valence electrons. The monoisotopic (exact) mass is 492 g/mol. The van der Waals surface area contributed by atoms with E-state index in [4.69, 9.17) is 55.8 Å². The van der Waals surface area contributed by atoms with Gasteiger partial charge in [-0.25, -0.2) is 0 Å². The molecule has 3 aromatic carbocycles. The maximum Gasteiger partial charge on any atom is 0.248 e. The lowest BCUT2D eigenvalue weighted by Gasteiger charge is -2.12. The van der Waals surface area contributed by atoms with Crippen LogP contribution in [0.1, 0.15) is 46.8 Å². The zero-order valence-electron chi connectivity index (χ0n) is 17.5. The first-order chi connectivity index (χ1) is 15.1. The van der Waals surface area contributed by atoms with Crippen molar-refractivity contribution in [3.05, 3.63) is 91.9 Å². The third-order valence-corrected chi connectivity index (χ3v) is 5.31. The Morgan fingerprint density at radius 2 is 1.62 bits per heavy atom. The number of nitrogens with one attached hydrogen (secondary N) is 1. The van der Waals surface area contributed by atoms with E-state index < -0.39 is 5.91 Å². The molecule has 0 saturated carbocycles. The minimum Gasteiger partial charge on any atom is -0.506 e. The summed E-state index contributed by atoms with van der Waals surface area (Å²) in [5.74, 6) is 0.345. The van der Waals surface area contributed by atoms with Gasteiger partial charge in [-0.15, -0.1) is 0 Å². The Bertz CT molecular complexity index is 1080. The second-order valence-electron chi connectivity index (χ2n) is 7.17. The molecule has 4 N–H and O–H groups in total. The van der Waals surface area contributed by atoms with E-state index >= 15 is 0 Å². The molecule has 0 fully saturated rings. The number of benzene rings is 3. The summed E-state index contributed by atoms with van der Waals surface area (Å²) in [6, 6.07) is 15.7. The number of aromatic hydroxyl groups is 1. The molecule has 0 aliphatic carbocycles. The summed E-state index contributed by atoms with van der Waals surface area (Å²) in [4.78, 5) is 10.5. The number of hydrogen-bond acceptors (Lipinski definition) is 4. The van der Waals surface area contributed by atoms with Crippen LogP contribution in [-0.4, -0.2) is 17.2 Å². The van der Waals surface area contributed by atoms with E-state index in [9.17, 15) is 4.79 Å². The molecule has 0 aromatic heterocycles. The Kier molecular flexibility index (Phi) is 9.39. The molecule has 3 aromatic rings. The summed E-state index contributed by atoms with van der Waals surface area (Å²) < 4.78 is 5.71. The highest BCUT2D eigenvalue weighted by molar-refractivity contribution is 6.37. The highest BCUT2D eigenvalue weighted by atomic mass is 35.5. The van der Waals surface area contributed by atoms with Crippen LogP contribution >= 0.6 is 34.8 Å². The van der Waals surface area contributed by atoms with Crippen LogP contribution in [0.2, 0.25) is 15.1 Å². The van der Waals surface area contributed by atoms with Crippen molar-refractivity contribution in [3.8, 4) is 11.5 Å². The molecular weight excluding hydrogens is 471 g/mol. The van der Waals surface area contributed by atoms with Crippen molar-refractivity contribution < 1.29 is 14.6 Å². The maximum absolute atomic E-state index is 10.5. The summed E-state index contributed by atoms with van der Waals surface area (Å²) in [6.07, 6.45) is 1.20. The Morgan fingerprint density at radius 3 is 2.09 bits per heavy atom. The number of carbonyl (C=O) groups excluding carboxylic acids is 1. The van der Waals surface area contributed by atoms with Gasteiger partial charge < -0.3 is 21.0 Å². The van der Waals surface area contributed by atoms with Crippen LogP contribution in [-0.2, 0) is 6.61 Å². The van der Waals surface area contributed by atoms with E-state index in [1.165, 1.54) is 30.0 Å². The maximum atomic E-state index is 10.5. The standard InChI is InChI=1S/C17H17Cl2NO.C7H6ClNO2/c1-11(2)14-5-3-12(4-6-14)10-21-17-15(18)7-13(9-20)8-16(17)19;8-5-3-4(7(9)11)1-2-6(5)10/h3-9,11,20H,10H2,1-2H3;1-3,10H,(H2,9,11). The Morgan fingerprint density at radius 1 is 1.03 bits per heavy atom. The van der Waals surface area contributed by atoms with Crippen LogP contribution in [0.3, 0.4) is 0 Å². The third kappa shape index (κ3) is 7.16. The topological polar surface area (TPSA) is 96.4 Å². The second-order valence-corrected chi connectivity index (χ2v) is 8.40. The van der Waals surface area contributed by atoms with Crippen LogP contribution in [0.15, 0.2) is 54.6 Å². The predicted molar refractivity (Wildman–Crippen MR) is 131 cm³/mol. The molecule has 0 aliphatic rings. The number of ether oxygens (including phenoxy) is 1. The number of hydrogen-bond donors (Lipinski definition) is 3. The van der Waals surface area contributed by atoms with Crippen molar-refractivity contribution in [2.45, 2.75) is 26.4 Å². The van der Waals surface area contributed by atoms with E-state index in [0.717, 1.165) is 5.56 Å². The average molecular weight is 494 g/mol. The number of amides is 1. The van der Waals surface area contributed by atoms with Crippen LogP contribution in [0.5, 0.6) is 11.5 Å². The fourth-order valence-corrected chi connectivity index (χ4v) is 3.41. The number of phenolic OH excluding ortho intramolecular Hbond substituents is 1. The molecule has 1 amide bonds. The van der Waals surface area contributed by atoms with E-state index in [2.05, 4.69) is 26.0 Å². The number of halogens is 3. The number of nitrogens with two attached hydrogens (primary N) is 1. The fraction of sp³-hybridized carbons (Fsp3) is 0.167. The fourth-order valence-electron chi connectivity index (χ4n) is 2.62. The van der Waals surface area contributed by atoms with Gasteiger partial charge in [0.15, 0.2) is 5.75 Å². The molecule has 5 nitrogen and oxygen atoms in total. The van der Waals surface area contributed by atoms with Crippen molar-refractivity contribution in [1.82, 2.24) is 0 Å². The Hall–Kier alpha value is -2.73. The highest BCUT2D eigenvalue weighted by Crippen LogP contribution is 2.34. The molecule has 0 radical (unpaired) electrons. The molecule has 0 spiro atoms. The van der Waals surface area contributed by atoms with Crippen molar-refractivity contribution >= 4 is 46.9 Å². The number of carbonyl (C=O) groups is 1. The van der Waals surface area contributed by atoms with E-state index in [1.807, 2.05) is 12.1 Å². The molecule has 32 heavy (non-hydrogen) atoms. The van der Waals surface area contributed by atoms with Crippen LogP contribution in [0.4, 0.5) is 0 Å². The minimum absolute atomic E-state index is 0.0586. The first-order valence-electron chi connectivity index (χ1n) is 9.61. The predicted octanol–water partition coefficient (Wildman–Crippen LogP) is 6.84. The zero-order chi connectivity index (χ0) is 23.8. The van der Waals surface area contributed by atoms with Gasteiger partial charge in [-0.2, -0.15) is 0 Å². The quantitative estimate of drug-likeness (QED) is 0.328. The molecule has 0 aliphatic heterocycles. The van der Waals surface area contributed by atoms with Gasteiger partial charge in [-0.05, 0) is 52.9 Å². The summed E-state index contributed by atoms with van der Waals surface area (Å²) in [5.41, 5.74) is 8.24. The number of phenols is 1. The van der Waals surface area contributed by atoms with Crippen molar-refractivity contribution in [2.75, 3.05) is 0 Å². The first kappa shape index (κ1) is 25.5. The Balaban J connectivity index is 0.000000278. The SMILES string of the molecule is CC(C)c1ccc(COc2c(Cl)cc(C=N)cc2Cl)cc1.NC(=O)c1ccc(O)c(Cl)c1. The second kappa shape index (κ2) is 11.8. The van der Waals surface area contributed by atoms with E-state index in [1.54, 1.807) is 12.1 Å². The van der Waals surface area contributed by atoms with Gasteiger partial charge in [-0.3, -0.25) is 4.79 Å². The van der Waals surface area contributed by atoms with Crippen LogP contribution < -0.4 is 10.5 Å². The van der Waals surface area contributed by atoms with Gasteiger partial charge in [0.05, 0.1) is 15.1 Å². The summed E-state index contributed by atoms with van der Waals surface area (Å²) >= 11 is 17.8. The summed E-state index contributed by atoms with van der Waals surface area (Å²) in [6.45, 7) is 4.73. The zero-order valence-corrected chi connectivity index (χ0v) is 19.8. The normalized spacial score (nSPS) is 10.3. The van der Waals surface area contributed by atoms with Gasteiger partial charge in [0.1, 0.15) is 12.4 Å². The summed E-state index contributed by atoms with van der Waals surface area (Å²) in [5, 5.41) is 17.1. The molecule has 0 unspecified atom stereocenters. The lowest BCUT2D eigenvalue weighted by atomic mass is 10.0. The largest absolute Gasteiger partial charge is 0.506 e. The Labute approximate surface area is 202 Å². The lowest BCUT2D eigenvalue weighted by Crippen LogP contribution is -2.10.